The summed E-state index contributed by atoms with van der Waals surface area (Å²) in [6, 6.07) is 0. The van der Waals surface area contributed by atoms with Crippen molar-refractivity contribution in [3.8, 4) is 0 Å². The first-order valence-corrected chi connectivity index (χ1v) is 22.3. The molecule has 33 heteroatoms. The van der Waals surface area contributed by atoms with Crippen molar-refractivity contribution in [2.24, 2.45) is 5.73 Å². The van der Waals surface area contributed by atoms with Crippen LogP contribution < -0.4 is 5.73 Å². The van der Waals surface area contributed by atoms with Crippen molar-refractivity contribution < 1.29 is 159 Å². The molecule has 6 heterocycles. The number of aliphatic hydroxyl groups is 18. The van der Waals surface area contributed by atoms with Crippen molar-refractivity contribution in [3.05, 3.63) is 0 Å². The molecule has 414 valence electrons. The summed E-state index contributed by atoms with van der Waals surface area (Å²) in [6.07, 6.45) is -58.6. The van der Waals surface area contributed by atoms with E-state index in [0.29, 0.717) is 0 Å². The molecule has 21 N–H and O–H groups in total. The maximum absolute atomic E-state index is 12.5. The van der Waals surface area contributed by atoms with Gasteiger partial charge in [-0.3, -0.25) is 0 Å². The van der Waals surface area contributed by atoms with E-state index in [2.05, 4.69) is 0 Å². The summed E-state index contributed by atoms with van der Waals surface area (Å²) in [4.78, 5) is 12.5. The van der Waals surface area contributed by atoms with E-state index < -0.39 is 223 Å². The minimum atomic E-state index is -2.36. The van der Waals surface area contributed by atoms with Gasteiger partial charge in [-0.1, -0.05) is 0 Å². The third-order valence-electron chi connectivity index (χ3n) is 12.8. The zero-order valence-electron chi connectivity index (χ0n) is 37.2. The number of aliphatic carboxylic acids is 1. The number of nitrogens with two attached hydrogens (primary N) is 1. The minimum absolute atomic E-state index is 0.0190. The van der Waals surface area contributed by atoms with Gasteiger partial charge in [0, 0.05) is 6.54 Å². The molecule has 0 spiro atoms. The lowest BCUT2D eigenvalue weighted by molar-refractivity contribution is -0.393. The van der Waals surface area contributed by atoms with Gasteiger partial charge < -0.3 is 160 Å². The van der Waals surface area contributed by atoms with Crippen LogP contribution in [0.3, 0.4) is 0 Å². The molecule has 30 atom stereocenters. The van der Waals surface area contributed by atoms with Gasteiger partial charge in [0.05, 0.1) is 39.6 Å². The molecule has 6 aliphatic heterocycles. The number of hydrogen-bond acceptors (Lipinski definition) is 32. The zero-order chi connectivity index (χ0) is 52.3. The second kappa shape index (κ2) is 25.4. The Morgan fingerprint density at radius 3 is 0.944 bits per heavy atom. The number of rotatable bonds is 19. The molecule has 0 saturated carbocycles. The highest BCUT2D eigenvalue weighted by atomic mass is 16.8. The van der Waals surface area contributed by atoms with E-state index in [1.165, 1.54) is 0 Å². The summed E-state index contributed by atoms with van der Waals surface area (Å²) in [5, 5.41) is 201. The van der Waals surface area contributed by atoms with Crippen LogP contribution in [0.4, 0.5) is 0 Å². The minimum Gasteiger partial charge on any atom is -0.479 e. The van der Waals surface area contributed by atoms with E-state index in [-0.39, 0.29) is 13.2 Å². The molecule has 6 aliphatic rings. The maximum atomic E-state index is 12.5. The number of carboxylic acid groups (broad SMARTS) is 1. The molecule has 0 radical (unpaired) electrons. The van der Waals surface area contributed by atoms with Crippen molar-refractivity contribution >= 4 is 5.97 Å². The highest BCUT2D eigenvalue weighted by molar-refractivity contribution is 5.73. The van der Waals surface area contributed by atoms with Gasteiger partial charge in [-0.2, -0.15) is 0 Å². The zero-order valence-corrected chi connectivity index (χ0v) is 37.2. The Balaban J connectivity index is 1.08. The van der Waals surface area contributed by atoms with Gasteiger partial charge in [-0.15, -0.1) is 0 Å². The molecule has 71 heavy (non-hydrogen) atoms. The molecule has 0 aromatic rings. The summed E-state index contributed by atoms with van der Waals surface area (Å²) in [5.74, 6) is -1.91. The van der Waals surface area contributed by atoms with E-state index in [9.17, 15) is 102 Å². The monoisotopic (exact) mass is 1050 g/mol. The third-order valence-corrected chi connectivity index (χ3v) is 12.8. The van der Waals surface area contributed by atoms with Gasteiger partial charge >= 0.3 is 5.97 Å². The largest absolute Gasteiger partial charge is 0.479 e. The first-order chi connectivity index (χ1) is 33.7. The number of aliphatic hydroxyl groups excluding tert-OH is 18. The molecular formula is C38H65NO32. The van der Waals surface area contributed by atoms with Crippen LogP contribution in [0.1, 0.15) is 0 Å². The van der Waals surface area contributed by atoms with Gasteiger partial charge in [0.2, 0.25) is 0 Å². The second-order valence-corrected chi connectivity index (χ2v) is 17.4. The Hall–Kier alpha value is -1.77. The number of hydrogen-bond donors (Lipinski definition) is 20. The van der Waals surface area contributed by atoms with Gasteiger partial charge in [0.25, 0.3) is 0 Å². The van der Waals surface area contributed by atoms with E-state index >= 15 is 0 Å². The van der Waals surface area contributed by atoms with E-state index in [1.54, 1.807) is 0 Å². The van der Waals surface area contributed by atoms with E-state index in [1.807, 2.05) is 0 Å². The number of carboxylic acids is 1. The first-order valence-electron chi connectivity index (χ1n) is 22.3. The lowest BCUT2D eigenvalue weighted by Crippen LogP contribution is -2.68. The predicted molar refractivity (Wildman–Crippen MR) is 212 cm³/mol. The van der Waals surface area contributed by atoms with Crippen molar-refractivity contribution in [2.45, 2.75) is 184 Å². The van der Waals surface area contributed by atoms with Crippen molar-refractivity contribution in [3.63, 3.8) is 0 Å². The Morgan fingerprint density at radius 1 is 0.352 bits per heavy atom. The SMILES string of the molecule is NCCO[C@H]1OC(CO)[C@H](O[C@H]2OC(CO)[C@@H](O[C@@H]3OC(CO)[C@@H](O[C@@H]4OC(C(=O)O)[C@@H](O[C@H]5OC(CO)[C@H](O[C@H]6OC(CO)[C@@H](O)C(O)C6O)C(O)C5O)C(O)C4O)C(O)C3O)C(O)C2O)C(O)C1O. The molecule has 0 bridgehead atoms. The Bertz CT molecular complexity index is 1640. The topological polar surface area (TPSA) is 538 Å². The normalized spacial score (nSPS) is 51.0. The molecule has 33 nitrogen and oxygen atoms in total. The average molecular weight is 1050 g/mol. The molecule has 6 fully saturated rings. The smallest absolute Gasteiger partial charge is 0.335 e. The van der Waals surface area contributed by atoms with Crippen LogP contribution in [0.2, 0.25) is 0 Å². The maximum Gasteiger partial charge on any atom is 0.335 e. The Morgan fingerprint density at radius 2 is 0.620 bits per heavy atom. The second-order valence-electron chi connectivity index (χ2n) is 17.4. The molecular weight excluding hydrogens is 982 g/mol. The fraction of sp³-hybridized carbons (Fsp3) is 0.974. The lowest BCUT2D eigenvalue weighted by Gasteiger charge is -2.49. The van der Waals surface area contributed by atoms with Crippen molar-refractivity contribution in [1.82, 2.24) is 0 Å². The van der Waals surface area contributed by atoms with Crippen LogP contribution in [0.5, 0.6) is 0 Å². The number of carbonyl (C=O) groups is 1. The first kappa shape index (κ1) is 58.5. The van der Waals surface area contributed by atoms with Gasteiger partial charge in [0.1, 0.15) is 140 Å². The predicted octanol–water partition coefficient (Wildman–Crippen LogP) is -14.0. The van der Waals surface area contributed by atoms with Crippen LogP contribution in [0, 0.1) is 0 Å². The average Bonchev–Trinajstić information content (AvgIpc) is 3.35. The van der Waals surface area contributed by atoms with Crippen LogP contribution in [-0.4, -0.2) is 333 Å². The molecule has 6 saturated heterocycles. The van der Waals surface area contributed by atoms with Crippen molar-refractivity contribution in [1.29, 1.82) is 0 Å². The van der Waals surface area contributed by atoms with Gasteiger partial charge in [0.15, 0.2) is 43.8 Å². The summed E-state index contributed by atoms with van der Waals surface area (Å²) in [5.41, 5.74) is 5.40. The standard InChI is InChI=1S/C38H65NO32/c39-1-2-60-33-21(53)15(47)26(9(4-41)62-33)67-35-22(54)16(48)28(10(5-42)63-35)68-36-23(55)17(49)29(12(7-44)64-36)69-38-25(57)19(51)30(31(71-38)32(58)59)70-37-24(56)18(50)27(11(6-43)65-37)66-34-20(52)14(46)13(45)8(3-40)61-34/h8-31,33-38,40-57H,1-7,39H2,(H,58,59)/t8?,9?,10?,11?,12?,13-,14?,15?,16?,17?,18?,19?,20?,21?,22?,23?,24?,25?,26+,27+,28-,29-,30+,31?,33+,34-,35-,36+,37-,38-/m1/s1. The highest BCUT2D eigenvalue weighted by Gasteiger charge is 2.58. The summed E-state index contributed by atoms with van der Waals surface area (Å²) in [6.45, 7) is -4.87. The molecule has 0 amide bonds. The number of ether oxygens (including phenoxy) is 12. The fourth-order valence-electron chi connectivity index (χ4n) is 8.80. The van der Waals surface area contributed by atoms with Gasteiger partial charge in [-0.05, 0) is 0 Å². The van der Waals surface area contributed by atoms with Crippen LogP contribution >= 0.6 is 0 Å². The van der Waals surface area contributed by atoms with Crippen molar-refractivity contribution in [2.75, 3.05) is 46.2 Å². The van der Waals surface area contributed by atoms with Gasteiger partial charge in [-0.25, -0.2) is 4.79 Å². The quantitative estimate of drug-likeness (QED) is 0.0571. The molecule has 0 aliphatic carbocycles. The third kappa shape index (κ3) is 12.3. The van der Waals surface area contributed by atoms with Crippen LogP contribution in [0.25, 0.3) is 0 Å². The van der Waals surface area contributed by atoms with E-state index in [4.69, 9.17) is 62.6 Å². The van der Waals surface area contributed by atoms with E-state index in [0.717, 1.165) is 0 Å². The lowest BCUT2D eigenvalue weighted by atomic mass is 9.95. The molecule has 0 aromatic heterocycles. The fourth-order valence-corrected chi connectivity index (χ4v) is 8.80. The Kier molecular flexibility index (Phi) is 20.9. The summed E-state index contributed by atoms with van der Waals surface area (Å²) in [7, 11) is 0. The Labute approximate surface area is 400 Å². The van der Waals surface area contributed by atoms with Crippen LogP contribution in [-0.2, 0) is 61.6 Å². The highest BCUT2D eigenvalue weighted by Crippen LogP contribution is 2.37. The summed E-state index contributed by atoms with van der Waals surface area (Å²) < 4.78 is 65.8. The molecule has 6 rings (SSSR count). The van der Waals surface area contributed by atoms with Crippen LogP contribution in [0.15, 0.2) is 0 Å². The molecule has 18 unspecified atom stereocenters. The summed E-state index contributed by atoms with van der Waals surface area (Å²) >= 11 is 0. The molecule has 0 aromatic carbocycles.